The summed E-state index contributed by atoms with van der Waals surface area (Å²) >= 11 is 1.79. The largest absolute Gasteiger partial charge is 0.306 e. The van der Waals surface area contributed by atoms with Crippen LogP contribution < -0.4 is 5.32 Å². The Bertz CT molecular complexity index is 238. The summed E-state index contributed by atoms with van der Waals surface area (Å²) in [6.07, 6.45) is 0. The van der Waals surface area contributed by atoms with Crippen molar-refractivity contribution in [3.8, 4) is 0 Å². The molecule has 0 aliphatic carbocycles. The number of rotatable bonds is 4. The third-order valence-corrected chi connectivity index (χ3v) is 2.74. The van der Waals surface area contributed by atoms with Gasteiger partial charge in [-0.2, -0.15) is 0 Å². The van der Waals surface area contributed by atoms with E-state index in [1.165, 1.54) is 10.5 Å². The quantitative estimate of drug-likeness (QED) is 0.704. The van der Waals surface area contributed by atoms with Gasteiger partial charge in [-0.3, -0.25) is 0 Å². The predicted octanol–water partition coefficient (Wildman–Crippen LogP) is 2.97. The first-order valence-corrected chi connectivity index (χ1v) is 4.99. The molecule has 0 bridgehead atoms. The molecule has 0 saturated heterocycles. The fourth-order valence-electron chi connectivity index (χ4n) is 0.966. The Labute approximate surface area is 78.1 Å². The molecule has 0 aromatic carbocycles. The Morgan fingerprint density at radius 3 is 3.00 bits per heavy atom. The summed E-state index contributed by atoms with van der Waals surface area (Å²) in [6.45, 7) is 8.96. The third kappa shape index (κ3) is 2.80. The van der Waals surface area contributed by atoms with Crippen LogP contribution in [0.1, 0.15) is 24.8 Å². The second-order valence-electron chi connectivity index (χ2n) is 3.08. The monoisotopic (exact) mass is 181 g/mol. The number of hydrogen-bond donors (Lipinski definition) is 1. The van der Waals surface area contributed by atoms with Crippen LogP contribution in [-0.2, 0) is 0 Å². The maximum atomic E-state index is 3.85. The molecule has 0 aliphatic heterocycles. The normalized spacial score (nSPS) is 12.8. The first kappa shape index (κ1) is 9.49. The van der Waals surface area contributed by atoms with Crippen molar-refractivity contribution in [2.75, 3.05) is 6.54 Å². The van der Waals surface area contributed by atoms with Crippen LogP contribution in [0.15, 0.2) is 29.7 Å². The van der Waals surface area contributed by atoms with Crippen molar-refractivity contribution in [2.24, 2.45) is 0 Å². The summed E-state index contributed by atoms with van der Waals surface area (Å²) < 4.78 is 0. The molecule has 1 aromatic rings. The van der Waals surface area contributed by atoms with E-state index >= 15 is 0 Å². The first-order chi connectivity index (χ1) is 5.70. The van der Waals surface area contributed by atoms with Crippen LogP contribution in [0.25, 0.3) is 0 Å². The third-order valence-electron chi connectivity index (χ3n) is 1.68. The van der Waals surface area contributed by atoms with E-state index in [1.807, 2.05) is 6.92 Å². The van der Waals surface area contributed by atoms with E-state index in [2.05, 4.69) is 36.3 Å². The fraction of sp³-hybridized carbons (Fsp3) is 0.400. The van der Waals surface area contributed by atoms with Gasteiger partial charge in [-0.25, -0.2) is 0 Å². The summed E-state index contributed by atoms with van der Waals surface area (Å²) in [7, 11) is 0. The highest BCUT2D eigenvalue weighted by molar-refractivity contribution is 7.10. The van der Waals surface area contributed by atoms with Gasteiger partial charge >= 0.3 is 0 Å². The molecule has 1 heterocycles. The zero-order valence-corrected chi connectivity index (χ0v) is 8.45. The fourth-order valence-corrected chi connectivity index (χ4v) is 1.72. The van der Waals surface area contributed by atoms with Gasteiger partial charge in [0.05, 0.1) is 0 Å². The molecule has 12 heavy (non-hydrogen) atoms. The van der Waals surface area contributed by atoms with Crippen molar-refractivity contribution in [3.05, 3.63) is 34.5 Å². The molecular formula is C10H15NS. The zero-order chi connectivity index (χ0) is 8.97. The van der Waals surface area contributed by atoms with Crippen molar-refractivity contribution in [1.82, 2.24) is 5.32 Å². The van der Waals surface area contributed by atoms with Crippen molar-refractivity contribution in [3.63, 3.8) is 0 Å². The lowest BCUT2D eigenvalue weighted by molar-refractivity contribution is 0.617. The molecule has 1 aromatic heterocycles. The van der Waals surface area contributed by atoms with Crippen LogP contribution in [0, 0.1) is 0 Å². The highest BCUT2D eigenvalue weighted by Crippen LogP contribution is 2.17. The van der Waals surface area contributed by atoms with Gasteiger partial charge in [0.2, 0.25) is 0 Å². The minimum atomic E-state index is 0.446. The first-order valence-electron chi connectivity index (χ1n) is 4.11. The van der Waals surface area contributed by atoms with Gasteiger partial charge in [0.25, 0.3) is 0 Å². The number of hydrogen-bond acceptors (Lipinski definition) is 2. The molecule has 0 aliphatic rings. The zero-order valence-electron chi connectivity index (χ0n) is 7.63. The van der Waals surface area contributed by atoms with Crippen LogP contribution in [0.5, 0.6) is 0 Å². The maximum Gasteiger partial charge on any atom is 0.0388 e. The van der Waals surface area contributed by atoms with Crippen LogP contribution in [0.3, 0.4) is 0 Å². The second kappa shape index (κ2) is 4.43. The molecule has 1 rings (SSSR count). The van der Waals surface area contributed by atoms with E-state index in [-0.39, 0.29) is 0 Å². The molecule has 0 amide bonds. The lowest BCUT2D eigenvalue weighted by atomic mass is 10.2. The van der Waals surface area contributed by atoms with Gasteiger partial charge in [0, 0.05) is 17.5 Å². The standard InChI is InChI=1S/C10H15NS/c1-8(2)7-11-9(3)10-5-4-6-12-10/h4-6,9,11H,1,7H2,2-3H3/t9-/m0/s1. The molecule has 2 heteroatoms. The highest BCUT2D eigenvalue weighted by Gasteiger charge is 2.03. The summed E-state index contributed by atoms with van der Waals surface area (Å²) in [5, 5.41) is 5.50. The second-order valence-corrected chi connectivity index (χ2v) is 4.05. The molecule has 0 spiro atoms. The Morgan fingerprint density at radius 2 is 2.50 bits per heavy atom. The van der Waals surface area contributed by atoms with Crippen molar-refractivity contribution in [2.45, 2.75) is 19.9 Å². The predicted molar refractivity (Wildman–Crippen MR) is 55.6 cm³/mol. The molecule has 1 atom stereocenters. The van der Waals surface area contributed by atoms with Crippen LogP contribution >= 0.6 is 11.3 Å². The van der Waals surface area contributed by atoms with E-state index in [0.717, 1.165) is 6.54 Å². The SMILES string of the molecule is C=C(C)CN[C@@H](C)c1cccs1. The van der Waals surface area contributed by atoms with Gasteiger partial charge in [-0.1, -0.05) is 18.2 Å². The van der Waals surface area contributed by atoms with Gasteiger partial charge in [0.15, 0.2) is 0 Å². The lowest BCUT2D eigenvalue weighted by Crippen LogP contribution is -2.19. The van der Waals surface area contributed by atoms with Crippen molar-refractivity contribution >= 4 is 11.3 Å². The average Bonchev–Trinajstić information content (AvgIpc) is 2.51. The van der Waals surface area contributed by atoms with Crippen LogP contribution in [-0.4, -0.2) is 6.54 Å². The lowest BCUT2D eigenvalue weighted by Gasteiger charge is -2.11. The number of thiophene rings is 1. The topological polar surface area (TPSA) is 12.0 Å². The molecule has 66 valence electrons. The number of nitrogens with one attached hydrogen (secondary N) is 1. The summed E-state index contributed by atoms with van der Waals surface area (Å²) in [5.41, 5.74) is 1.18. The molecule has 1 nitrogen and oxygen atoms in total. The molecule has 0 unspecified atom stereocenters. The molecule has 1 N–H and O–H groups in total. The molecule has 0 fully saturated rings. The van der Waals surface area contributed by atoms with Gasteiger partial charge < -0.3 is 5.32 Å². The van der Waals surface area contributed by atoms with E-state index in [9.17, 15) is 0 Å². The molecule has 0 radical (unpaired) electrons. The summed E-state index contributed by atoms with van der Waals surface area (Å²) in [4.78, 5) is 1.39. The summed E-state index contributed by atoms with van der Waals surface area (Å²) in [6, 6.07) is 4.68. The van der Waals surface area contributed by atoms with Gasteiger partial charge in [0.1, 0.15) is 0 Å². The molecular weight excluding hydrogens is 166 g/mol. The van der Waals surface area contributed by atoms with E-state index in [0.29, 0.717) is 6.04 Å². The Kier molecular flexibility index (Phi) is 3.50. The van der Waals surface area contributed by atoms with E-state index in [1.54, 1.807) is 11.3 Å². The van der Waals surface area contributed by atoms with Crippen LogP contribution in [0.4, 0.5) is 0 Å². The summed E-state index contributed by atoms with van der Waals surface area (Å²) in [5.74, 6) is 0. The van der Waals surface area contributed by atoms with Crippen molar-refractivity contribution < 1.29 is 0 Å². The van der Waals surface area contributed by atoms with E-state index < -0.39 is 0 Å². The highest BCUT2D eigenvalue weighted by atomic mass is 32.1. The smallest absolute Gasteiger partial charge is 0.0388 e. The maximum absolute atomic E-state index is 3.85. The minimum absolute atomic E-state index is 0.446. The van der Waals surface area contributed by atoms with Crippen molar-refractivity contribution in [1.29, 1.82) is 0 Å². The van der Waals surface area contributed by atoms with Crippen LogP contribution in [0.2, 0.25) is 0 Å². The van der Waals surface area contributed by atoms with Gasteiger partial charge in [-0.15, -0.1) is 11.3 Å². The molecule has 0 saturated carbocycles. The Balaban J connectivity index is 2.39. The van der Waals surface area contributed by atoms with Gasteiger partial charge in [-0.05, 0) is 25.3 Å². The Morgan fingerprint density at radius 1 is 1.75 bits per heavy atom. The minimum Gasteiger partial charge on any atom is -0.306 e. The Hall–Kier alpha value is -0.600. The van der Waals surface area contributed by atoms with E-state index in [4.69, 9.17) is 0 Å². The average molecular weight is 181 g/mol.